The van der Waals surface area contributed by atoms with E-state index in [4.69, 9.17) is 4.74 Å². The zero-order chi connectivity index (χ0) is 24.7. The molecule has 0 atom stereocenters. The van der Waals surface area contributed by atoms with Gasteiger partial charge in [0.15, 0.2) is 5.41 Å². The van der Waals surface area contributed by atoms with Crippen molar-refractivity contribution < 1.29 is 70.8 Å². The van der Waals surface area contributed by atoms with E-state index in [1.807, 2.05) is 121 Å². The maximum absolute atomic E-state index is 14.1. The Kier molecular flexibility index (Phi) is 10.2. The van der Waals surface area contributed by atoms with Gasteiger partial charge in [0.2, 0.25) is 0 Å². The summed E-state index contributed by atoms with van der Waals surface area (Å²) in [5.74, 6) is -3.62. The third kappa shape index (κ3) is 5.56. The van der Waals surface area contributed by atoms with E-state index in [2.05, 4.69) is 0 Å². The van der Waals surface area contributed by atoms with Gasteiger partial charge < -0.3 is 9.84 Å². The fraction of sp³-hybridized carbons (Fsp3) is 0.161. The van der Waals surface area contributed by atoms with Gasteiger partial charge in [-0.15, -0.1) is 0 Å². The fourth-order valence-corrected chi connectivity index (χ4v) is 5.01. The molecular weight excluding hydrogens is 475 g/mol. The molecule has 0 aromatic heterocycles. The molecule has 1 N–H and O–H groups in total. The first-order valence-electron chi connectivity index (χ1n) is 11.7. The molecule has 0 saturated heterocycles. The van der Waals surface area contributed by atoms with Crippen LogP contribution < -0.4 is 51.4 Å². The van der Waals surface area contributed by atoms with Crippen LogP contribution in [0, 0.1) is 5.41 Å². The van der Waals surface area contributed by atoms with Crippen LogP contribution in [0.5, 0.6) is 0 Å². The zero-order valence-corrected chi connectivity index (χ0v) is 23.7. The minimum absolute atomic E-state index is 0. The maximum atomic E-state index is 14.1. The second kappa shape index (κ2) is 13.1. The molecule has 5 heteroatoms. The Labute approximate surface area is 254 Å². The largest absolute Gasteiger partial charge is 1.00 e. The summed E-state index contributed by atoms with van der Waals surface area (Å²) in [5, 5.41) is 11.1. The van der Waals surface area contributed by atoms with Crippen LogP contribution >= 0.6 is 0 Å². The average molecular weight is 504 g/mol. The Hall–Kier alpha value is -2.54. The van der Waals surface area contributed by atoms with Crippen LogP contribution in [-0.2, 0) is 14.3 Å². The molecule has 0 fully saturated rings. The standard InChI is InChI=1S/C31H28O4.K/c1-2-35-30(34)31(29(32)33,27(23-15-7-3-8-16-23)24-17-9-4-10-18-24)28(25-19-11-5-12-20-25)26-21-13-6-14-22-26;/h3-22,27-28H,2H2,1H3,(H,32,33);/q;+1. The first-order valence-corrected chi connectivity index (χ1v) is 11.7. The van der Waals surface area contributed by atoms with Crippen molar-refractivity contribution in [2.45, 2.75) is 18.8 Å². The van der Waals surface area contributed by atoms with Gasteiger partial charge in [0.25, 0.3) is 0 Å². The molecule has 4 aromatic carbocycles. The summed E-state index contributed by atoms with van der Waals surface area (Å²) in [7, 11) is 0. The number of esters is 1. The number of aliphatic carboxylic acids is 1. The molecule has 0 heterocycles. The fourth-order valence-electron chi connectivity index (χ4n) is 5.01. The molecule has 0 spiro atoms. The quantitative estimate of drug-likeness (QED) is 0.216. The number of ether oxygens (including phenoxy) is 1. The zero-order valence-electron chi connectivity index (χ0n) is 20.6. The van der Waals surface area contributed by atoms with Crippen LogP contribution in [0.15, 0.2) is 121 Å². The number of carbonyl (C=O) groups excluding carboxylic acids is 1. The summed E-state index contributed by atoms with van der Waals surface area (Å²) >= 11 is 0. The first-order chi connectivity index (χ1) is 17.1. The summed E-state index contributed by atoms with van der Waals surface area (Å²) < 4.78 is 5.60. The molecule has 0 amide bonds. The monoisotopic (exact) mass is 503 g/mol. The van der Waals surface area contributed by atoms with Gasteiger partial charge in [0.05, 0.1) is 6.61 Å². The molecule has 0 radical (unpaired) electrons. The number of benzene rings is 4. The van der Waals surface area contributed by atoms with Crippen molar-refractivity contribution in [1.29, 1.82) is 0 Å². The molecule has 0 unspecified atom stereocenters. The first kappa shape index (κ1) is 28.0. The van der Waals surface area contributed by atoms with Crippen LogP contribution in [0.25, 0.3) is 0 Å². The Morgan fingerprint density at radius 1 is 0.639 bits per heavy atom. The van der Waals surface area contributed by atoms with Crippen molar-refractivity contribution in [2.75, 3.05) is 6.61 Å². The van der Waals surface area contributed by atoms with E-state index in [1.54, 1.807) is 6.92 Å². The van der Waals surface area contributed by atoms with Crippen molar-refractivity contribution in [2.24, 2.45) is 5.41 Å². The molecule has 176 valence electrons. The number of carbonyl (C=O) groups is 2. The van der Waals surface area contributed by atoms with Gasteiger partial charge in [-0.25, -0.2) is 0 Å². The van der Waals surface area contributed by atoms with E-state index in [-0.39, 0.29) is 58.0 Å². The third-order valence-electron chi connectivity index (χ3n) is 6.41. The minimum atomic E-state index is -1.98. The molecular formula is C31H28KO4+. The molecule has 36 heavy (non-hydrogen) atoms. The Morgan fingerprint density at radius 3 is 1.14 bits per heavy atom. The number of rotatable bonds is 9. The van der Waals surface area contributed by atoms with Gasteiger partial charge in [-0.3, -0.25) is 9.59 Å². The molecule has 0 aliphatic carbocycles. The van der Waals surface area contributed by atoms with Crippen LogP contribution in [-0.4, -0.2) is 23.7 Å². The van der Waals surface area contributed by atoms with Gasteiger partial charge in [-0.05, 0) is 29.2 Å². The van der Waals surface area contributed by atoms with Gasteiger partial charge in [-0.1, -0.05) is 121 Å². The Balaban J connectivity index is 0.00000361. The van der Waals surface area contributed by atoms with Crippen molar-refractivity contribution in [1.82, 2.24) is 0 Å². The molecule has 4 aromatic rings. The summed E-state index contributed by atoms with van der Waals surface area (Å²) in [6.07, 6.45) is 0. The molecule has 0 saturated carbocycles. The summed E-state index contributed by atoms with van der Waals surface area (Å²) in [4.78, 5) is 27.7. The van der Waals surface area contributed by atoms with E-state index in [9.17, 15) is 14.7 Å². The van der Waals surface area contributed by atoms with Crippen molar-refractivity contribution in [3.05, 3.63) is 144 Å². The van der Waals surface area contributed by atoms with E-state index in [0.717, 1.165) is 22.3 Å². The molecule has 0 bridgehead atoms. The SMILES string of the molecule is CCOC(=O)C(C(=O)O)(C(c1ccccc1)c1ccccc1)C(c1ccccc1)c1ccccc1.[K+]. The summed E-state index contributed by atoms with van der Waals surface area (Å²) in [6.45, 7) is 1.77. The minimum Gasteiger partial charge on any atom is -0.480 e. The van der Waals surface area contributed by atoms with Crippen molar-refractivity contribution >= 4 is 11.9 Å². The summed E-state index contributed by atoms with van der Waals surface area (Å²) in [5.41, 5.74) is 0.926. The van der Waals surface area contributed by atoms with Gasteiger partial charge in [0.1, 0.15) is 0 Å². The Morgan fingerprint density at radius 2 is 0.917 bits per heavy atom. The van der Waals surface area contributed by atoms with Crippen LogP contribution in [0.2, 0.25) is 0 Å². The van der Waals surface area contributed by atoms with Crippen molar-refractivity contribution in [3.8, 4) is 0 Å². The average Bonchev–Trinajstić information content (AvgIpc) is 2.90. The topological polar surface area (TPSA) is 63.6 Å². The number of carboxylic acid groups (broad SMARTS) is 1. The summed E-state index contributed by atoms with van der Waals surface area (Å²) in [6, 6.07) is 37.4. The molecule has 0 aliphatic rings. The second-order valence-corrected chi connectivity index (χ2v) is 8.40. The molecule has 0 aliphatic heterocycles. The second-order valence-electron chi connectivity index (χ2n) is 8.40. The van der Waals surface area contributed by atoms with Crippen molar-refractivity contribution in [3.63, 3.8) is 0 Å². The van der Waals surface area contributed by atoms with E-state index in [0.29, 0.717) is 0 Å². The number of hydrogen-bond donors (Lipinski definition) is 1. The smallest absolute Gasteiger partial charge is 0.480 e. The van der Waals surface area contributed by atoms with E-state index >= 15 is 0 Å². The molecule has 4 nitrogen and oxygen atoms in total. The number of carboxylic acids is 1. The third-order valence-corrected chi connectivity index (χ3v) is 6.41. The molecule has 4 rings (SSSR count). The normalized spacial score (nSPS) is 11.1. The van der Waals surface area contributed by atoms with Crippen LogP contribution in [0.4, 0.5) is 0 Å². The number of hydrogen-bond acceptors (Lipinski definition) is 3. The Bertz CT molecular complexity index is 1080. The van der Waals surface area contributed by atoms with Crippen LogP contribution in [0.3, 0.4) is 0 Å². The van der Waals surface area contributed by atoms with Gasteiger partial charge in [0, 0.05) is 11.8 Å². The van der Waals surface area contributed by atoms with Crippen LogP contribution in [0.1, 0.15) is 41.0 Å². The van der Waals surface area contributed by atoms with E-state index < -0.39 is 29.2 Å². The van der Waals surface area contributed by atoms with Gasteiger partial charge in [-0.2, -0.15) is 0 Å². The predicted octanol–water partition coefficient (Wildman–Crippen LogP) is 3.29. The maximum Gasteiger partial charge on any atom is 1.00 e. The predicted molar refractivity (Wildman–Crippen MR) is 136 cm³/mol. The van der Waals surface area contributed by atoms with Gasteiger partial charge >= 0.3 is 63.3 Å². The van der Waals surface area contributed by atoms with E-state index in [1.165, 1.54) is 0 Å².